The molecule has 0 bridgehead atoms. The molecule has 110 valence electrons. The highest BCUT2D eigenvalue weighted by atomic mass is 15.2. The van der Waals surface area contributed by atoms with Gasteiger partial charge in [-0.25, -0.2) is 4.98 Å². The van der Waals surface area contributed by atoms with E-state index in [2.05, 4.69) is 35.9 Å². The maximum absolute atomic E-state index is 5.89. The molecule has 2 unspecified atom stereocenters. The van der Waals surface area contributed by atoms with Crippen LogP contribution in [0.1, 0.15) is 30.5 Å². The quantitative estimate of drug-likeness (QED) is 0.893. The van der Waals surface area contributed by atoms with E-state index in [-0.39, 0.29) is 0 Å². The molecule has 0 aromatic carbocycles. The molecule has 20 heavy (non-hydrogen) atoms. The van der Waals surface area contributed by atoms with Crippen molar-refractivity contribution in [3.05, 3.63) is 23.4 Å². The molecular formula is C16H26N4. The Kier molecular flexibility index (Phi) is 3.94. The van der Waals surface area contributed by atoms with Gasteiger partial charge >= 0.3 is 0 Å². The lowest BCUT2D eigenvalue weighted by molar-refractivity contribution is 0.102. The fourth-order valence-electron chi connectivity index (χ4n) is 3.85. The topological polar surface area (TPSA) is 45.4 Å². The van der Waals surface area contributed by atoms with Gasteiger partial charge in [-0.3, -0.25) is 0 Å². The summed E-state index contributed by atoms with van der Waals surface area (Å²) in [5, 5.41) is 0. The summed E-state index contributed by atoms with van der Waals surface area (Å²) in [6.07, 6.45) is 3.94. The second kappa shape index (κ2) is 5.70. The standard InChI is InChI=1S/C16H26N4/c1-12-5-6-13(10-17)16(18-12)20-9-7-15-14(11-20)4-3-8-19(15)2/h5-6,14-15H,3-4,7-11,17H2,1-2H3. The second-order valence-electron chi connectivity index (χ2n) is 6.32. The minimum Gasteiger partial charge on any atom is -0.356 e. The number of piperidine rings is 2. The Morgan fingerprint density at radius 3 is 2.95 bits per heavy atom. The first-order chi connectivity index (χ1) is 9.69. The first kappa shape index (κ1) is 13.8. The molecule has 4 nitrogen and oxygen atoms in total. The van der Waals surface area contributed by atoms with Crippen molar-refractivity contribution >= 4 is 5.82 Å². The van der Waals surface area contributed by atoms with Gasteiger partial charge in [0.1, 0.15) is 5.82 Å². The summed E-state index contributed by atoms with van der Waals surface area (Å²) >= 11 is 0. The van der Waals surface area contributed by atoms with Crippen LogP contribution in [0.3, 0.4) is 0 Å². The molecule has 0 saturated carbocycles. The number of nitrogens with two attached hydrogens (primary N) is 1. The first-order valence-corrected chi connectivity index (χ1v) is 7.81. The van der Waals surface area contributed by atoms with Crippen molar-refractivity contribution in [1.29, 1.82) is 0 Å². The van der Waals surface area contributed by atoms with Crippen molar-refractivity contribution in [2.75, 3.05) is 31.6 Å². The van der Waals surface area contributed by atoms with Gasteiger partial charge in [0.2, 0.25) is 0 Å². The maximum Gasteiger partial charge on any atom is 0.133 e. The van der Waals surface area contributed by atoms with Gasteiger partial charge in [0.25, 0.3) is 0 Å². The Balaban J connectivity index is 1.81. The summed E-state index contributed by atoms with van der Waals surface area (Å²) in [4.78, 5) is 9.78. The Hall–Kier alpha value is -1.13. The molecule has 2 aliphatic heterocycles. The Morgan fingerprint density at radius 2 is 2.15 bits per heavy atom. The molecule has 0 aliphatic carbocycles. The number of anilines is 1. The van der Waals surface area contributed by atoms with Crippen molar-refractivity contribution in [3.8, 4) is 0 Å². The van der Waals surface area contributed by atoms with Gasteiger partial charge in [0.15, 0.2) is 0 Å². The molecule has 2 fully saturated rings. The lowest BCUT2D eigenvalue weighted by atomic mass is 9.84. The molecule has 2 aliphatic rings. The van der Waals surface area contributed by atoms with Gasteiger partial charge in [0.05, 0.1) is 0 Å². The zero-order chi connectivity index (χ0) is 14.1. The average Bonchev–Trinajstić information content (AvgIpc) is 2.47. The summed E-state index contributed by atoms with van der Waals surface area (Å²) in [7, 11) is 2.28. The van der Waals surface area contributed by atoms with E-state index in [1.807, 2.05) is 0 Å². The fourth-order valence-corrected chi connectivity index (χ4v) is 3.85. The van der Waals surface area contributed by atoms with Crippen LogP contribution < -0.4 is 10.6 Å². The predicted molar refractivity (Wildman–Crippen MR) is 82.8 cm³/mol. The molecule has 3 heterocycles. The van der Waals surface area contributed by atoms with E-state index >= 15 is 0 Å². The summed E-state index contributed by atoms with van der Waals surface area (Å²) in [5.41, 5.74) is 8.15. The van der Waals surface area contributed by atoms with Crippen molar-refractivity contribution < 1.29 is 0 Å². The van der Waals surface area contributed by atoms with Crippen LogP contribution in [0, 0.1) is 12.8 Å². The number of hydrogen-bond donors (Lipinski definition) is 1. The van der Waals surface area contributed by atoms with Crippen LogP contribution in [0.25, 0.3) is 0 Å². The highest BCUT2D eigenvalue weighted by Crippen LogP contribution is 2.32. The van der Waals surface area contributed by atoms with Gasteiger partial charge in [-0.1, -0.05) is 6.07 Å². The fraction of sp³-hybridized carbons (Fsp3) is 0.688. The minimum atomic E-state index is 0.576. The third-order valence-corrected chi connectivity index (χ3v) is 4.96. The van der Waals surface area contributed by atoms with E-state index < -0.39 is 0 Å². The monoisotopic (exact) mass is 274 g/mol. The molecule has 2 saturated heterocycles. The first-order valence-electron chi connectivity index (χ1n) is 7.81. The van der Waals surface area contributed by atoms with Gasteiger partial charge in [-0.15, -0.1) is 0 Å². The van der Waals surface area contributed by atoms with Crippen molar-refractivity contribution in [1.82, 2.24) is 9.88 Å². The number of likely N-dealkylation sites (tertiary alicyclic amines) is 1. The number of pyridine rings is 1. The van der Waals surface area contributed by atoms with E-state index in [9.17, 15) is 0 Å². The highest BCUT2D eigenvalue weighted by molar-refractivity contribution is 5.48. The van der Waals surface area contributed by atoms with Crippen LogP contribution in [0.15, 0.2) is 12.1 Å². The molecule has 0 spiro atoms. The lowest BCUT2D eigenvalue weighted by Gasteiger charge is -2.46. The van der Waals surface area contributed by atoms with Gasteiger partial charge in [0, 0.05) is 36.9 Å². The number of fused-ring (bicyclic) bond motifs is 1. The van der Waals surface area contributed by atoms with E-state index in [4.69, 9.17) is 10.7 Å². The van der Waals surface area contributed by atoms with Crippen molar-refractivity contribution in [2.24, 2.45) is 11.7 Å². The largest absolute Gasteiger partial charge is 0.356 e. The highest BCUT2D eigenvalue weighted by Gasteiger charge is 2.34. The minimum absolute atomic E-state index is 0.576. The summed E-state index contributed by atoms with van der Waals surface area (Å²) < 4.78 is 0. The van der Waals surface area contributed by atoms with Crippen LogP contribution in [-0.2, 0) is 6.54 Å². The number of nitrogens with zero attached hydrogens (tertiary/aromatic N) is 3. The lowest BCUT2D eigenvalue weighted by Crippen LogP contribution is -2.53. The molecule has 0 radical (unpaired) electrons. The van der Waals surface area contributed by atoms with Gasteiger partial charge in [-0.2, -0.15) is 0 Å². The SMILES string of the molecule is Cc1ccc(CN)c(N2CCC3C(CCCN3C)C2)n1. The maximum atomic E-state index is 5.89. The normalized spacial score (nSPS) is 27.4. The number of hydrogen-bond acceptors (Lipinski definition) is 4. The van der Waals surface area contributed by atoms with Gasteiger partial charge in [-0.05, 0) is 51.8 Å². The zero-order valence-corrected chi connectivity index (χ0v) is 12.7. The van der Waals surface area contributed by atoms with E-state index in [1.54, 1.807) is 0 Å². The van der Waals surface area contributed by atoms with E-state index in [0.717, 1.165) is 36.6 Å². The van der Waals surface area contributed by atoms with Crippen LogP contribution in [-0.4, -0.2) is 42.6 Å². The van der Waals surface area contributed by atoms with E-state index in [1.165, 1.54) is 31.4 Å². The molecule has 2 atom stereocenters. The Labute approximate surface area is 122 Å². The van der Waals surface area contributed by atoms with Crippen molar-refractivity contribution in [3.63, 3.8) is 0 Å². The molecular weight excluding hydrogens is 248 g/mol. The summed E-state index contributed by atoms with van der Waals surface area (Å²) in [6, 6.07) is 4.97. The third-order valence-electron chi connectivity index (χ3n) is 4.96. The zero-order valence-electron chi connectivity index (χ0n) is 12.7. The molecule has 0 amide bonds. The smallest absolute Gasteiger partial charge is 0.133 e. The van der Waals surface area contributed by atoms with E-state index in [0.29, 0.717) is 6.54 Å². The number of aryl methyl sites for hydroxylation is 1. The second-order valence-corrected chi connectivity index (χ2v) is 6.32. The van der Waals surface area contributed by atoms with Crippen molar-refractivity contribution in [2.45, 2.75) is 38.8 Å². The van der Waals surface area contributed by atoms with Crippen LogP contribution in [0.4, 0.5) is 5.82 Å². The molecule has 4 heteroatoms. The Morgan fingerprint density at radius 1 is 1.30 bits per heavy atom. The third kappa shape index (κ3) is 2.54. The number of rotatable bonds is 2. The van der Waals surface area contributed by atoms with Crippen LogP contribution in [0.2, 0.25) is 0 Å². The molecule has 2 N–H and O–H groups in total. The van der Waals surface area contributed by atoms with Gasteiger partial charge < -0.3 is 15.5 Å². The predicted octanol–water partition coefficient (Wildman–Crippen LogP) is 1.77. The average molecular weight is 274 g/mol. The summed E-state index contributed by atoms with van der Waals surface area (Å²) in [5.74, 6) is 1.91. The molecule has 3 rings (SSSR count). The summed E-state index contributed by atoms with van der Waals surface area (Å²) in [6.45, 7) is 6.14. The number of aromatic nitrogens is 1. The van der Waals surface area contributed by atoms with Crippen LogP contribution >= 0.6 is 0 Å². The Bertz CT molecular complexity index is 474. The molecule has 1 aromatic rings. The van der Waals surface area contributed by atoms with Crippen LogP contribution in [0.5, 0.6) is 0 Å². The molecule has 1 aromatic heterocycles.